The van der Waals surface area contributed by atoms with Crippen LogP contribution in [-0.4, -0.2) is 191 Å². The Morgan fingerprint density at radius 3 is 1.71 bits per heavy atom. The number of hydrogen-bond acceptors (Lipinski definition) is 18. The summed E-state index contributed by atoms with van der Waals surface area (Å²) >= 11 is 0. The van der Waals surface area contributed by atoms with Crippen LogP contribution in [0.5, 0.6) is 11.5 Å². The smallest absolute Gasteiger partial charge is 0.410 e. The van der Waals surface area contributed by atoms with Crippen LogP contribution in [0.2, 0.25) is 0 Å². The Morgan fingerprint density at radius 1 is 0.667 bits per heavy atom. The number of pyridine rings is 2. The van der Waals surface area contributed by atoms with Crippen LogP contribution in [0.15, 0.2) is 60.7 Å². The number of aliphatic hydroxyl groups is 2. The first kappa shape index (κ1) is 61.1. The molecule has 0 saturated carbocycles. The van der Waals surface area contributed by atoms with Crippen molar-refractivity contribution in [1.82, 2.24) is 40.6 Å². The van der Waals surface area contributed by atoms with E-state index < -0.39 is 29.9 Å². The van der Waals surface area contributed by atoms with Gasteiger partial charge in [-0.3, -0.25) is 24.1 Å². The third-order valence-electron chi connectivity index (χ3n) is 16.2. The molecule has 8 N–H and O–H groups in total. The van der Waals surface area contributed by atoms with Gasteiger partial charge in [-0.1, -0.05) is 12.1 Å². The number of hydrogen-bond donors (Lipinski definition) is 8. The van der Waals surface area contributed by atoms with Gasteiger partial charge in [-0.25, -0.2) is 14.8 Å². The number of fused-ring (bicyclic) bond motifs is 2. The van der Waals surface area contributed by atoms with E-state index in [1.54, 1.807) is 81.9 Å². The number of benzene rings is 2. The minimum atomic E-state index is -1.07. The number of aliphatic hydroxyl groups excluding tert-OH is 2. The Kier molecular flexibility index (Phi) is 20.0. The number of piperidine rings is 2. The zero-order chi connectivity index (χ0) is 59.7. The lowest BCUT2D eigenvalue weighted by molar-refractivity contribution is -0.133. The molecule has 4 atom stereocenters. The van der Waals surface area contributed by atoms with Gasteiger partial charge in [0.1, 0.15) is 40.4 Å². The molecule has 454 valence electrons. The molecular weight excluding hydrogens is 1080 g/mol. The zero-order valence-corrected chi connectivity index (χ0v) is 49.3. The van der Waals surface area contributed by atoms with E-state index >= 15 is 0 Å². The molecular formula is C61H84N12O11. The number of rotatable bonds is 17. The molecule has 0 unspecified atom stereocenters. The van der Waals surface area contributed by atoms with Crippen LogP contribution in [0, 0.1) is 0 Å². The van der Waals surface area contributed by atoms with Crippen molar-refractivity contribution in [2.75, 3.05) is 99.8 Å². The van der Waals surface area contributed by atoms with Crippen LogP contribution >= 0.6 is 0 Å². The van der Waals surface area contributed by atoms with Crippen LogP contribution < -0.4 is 41.1 Å². The van der Waals surface area contributed by atoms with Crippen LogP contribution in [0.3, 0.4) is 0 Å². The lowest BCUT2D eigenvalue weighted by Gasteiger charge is -2.40. The standard InChI is InChI=1S/C34H48N6O7.C27H36N6O4/c1-22(41)39-19-26(20-39)36-30-15-24(16-31(37-30)38-11-7-6-8-12-38)32(43)35-17-29(42)28-14-23-9-10-27(46-21-45-5)13-25(23)18-40(28)33(44)47-34(2,3)4;1-17(34)33-15-21(16-33)30-25-11-19(12-26(31-25)32-7-3-2-4-8-32)27(37)29-14-24(36)23-10-18-5-6-22(35)9-20(18)13-28-23/h9-10,13,15-16,26,28-29,42H,6-8,11-12,14,17-21H2,1-5H3,(H,35,43)(H,36,37);5-6,9,11-12,21,23-24,28,35-36H,2-4,7-8,10,13-16H2,1H3,(H,29,37)(H,30,31)/t28-,29+;23-,24+/m00/s1. The minimum Gasteiger partial charge on any atom is -0.508 e. The quantitative estimate of drug-likeness (QED) is 0.0682. The molecule has 4 saturated heterocycles. The van der Waals surface area contributed by atoms with Crippen molar-refractivity contribution in [3.8, 4) is 11.5 Å². The molecule has 23 heteroatoms. The minimum absolute atomic E-state index is 0.0317. The SMILES string of the molecule is CC(=O)N1CC(Nc2cc(C(=O)NC[C@@H](O)[C@@H]3Cc4ccc(O)cc4CN3)cc(N3CCCCC3)n2)C1.COCOc1ccc2c(c1)CN(C(=O)OC(C)(C)C)[C@H]([C@H](O)CNC(=O)c1cc(NC3CN(C(C)=O)C3)nc(N3CCCCC3)c1)C2. The number of phenols is 1. The summed E-state index contributed by atoms with van der Waals surface area (Å²) in [5.41, 5.74) is 4.14. The summed E-state index contributed by atoms with van der Waals surface area (Å²) in [6.07, 6.45) is 5.29. The average molecular weight is 1160 g/mol. The zero-order valence-electron chi connectivity index (χ0n) is 49.3. The molecule has 6 aliphatic heterocycles. The molecule has 8 heterocycles. The highest BCUT2D eigenvalue weighted by Crippen LogP contribution is 2.32. The molecule has 5 amide bonds. The summed E-state index contributed by atoms with van der Waals surface area (Å²) in [5, 5.41) is 47.8. The molecule has 0 radical (unpaired) electrons. The van der Waals surface area contributed by atoms with Crippen molar-refractivity contribution < 1.29 is 53.5 Å². The summed E-state index contributed by atoms with van der Waals surface area (Å²) in [7, 11) is 1.55. The fraction of sp³-hybridized carbons (Fsp3) is 0.557. The van der Waals surface area contributed by atoms with E-state index in [0.717, 1.165) is 92.2 Å². The Hall–Kier alpha value is -7.47. The summed E-state index contributed by atoms with van der Waals surface area (Å²) in [6.45, 7) is 15.4. The largest absolute Gasteiger partial charge is 0.508 e. The van der Waals surface area contributed by atoms with Gasteiger partial charge in [0.25, 0.3) is 11.8 Å². The van der Waals surface area contributed by atoms with E-state index in [-0.39, 0.29) is 73.9 Å². The molecule has 10 rings (SSSR count). The molecule has 4 fully saturated rings. The van der Waals surface area contributed by atoms with Gasteiger partial charge in [0.15, 0.2) is 6.79 Å². The highest BCUT2D eigenvalue weighted by molar-refractivity contribution is 5.96. The molecule has 0 spiro atoms. The number of aromatic hydroxyl groups is 1. The number of nitrogens with zero attached hydrogens (tertiary/aromatic N) is 7. The Morgan fingerprint density at radius 2 is 1.19 bits per heavy atom. The summed E-state index contributed by atoms with van der Waals surface area (Å²) in [5.74, 6) is 3.00. The van der Waals surface area contributed by atoms with Gasteiger partial charge in [0.2, 0.25) is 11.8 Å². The number of carbonyl (C=O) groups excluding carboxylic acids is 5. The third kappa shape index (κ3) is 16.0. The molecule has 0 bridgehead atoms. The number of carbonyl (C=O) groups is 5. The topological polar surface area (TPSA) is 276 Å². The van der Waals surface area contributed by atoms with Crippen molar-refractivity contribution in [2.45, 2.75) is 141 Å². The number of anilines is 4. The van der Waals surface area contributed by atoms with Crippen molar-refractivity contribution in [3.05, 3.63) is 94.0 Å². The Labute approximate surface area is 491 Å². The highest BCUT2D eigenvalue weighted by atomic mass is 16.7. The molecule has 84 heavy (non-hydrogen) atoms. The lowest BCUT2D eigenvalue weighted by Crippen LogP contribution is -2.56. The van der Waals surface area contributed by atoms with Crippen LogP contribution in [0.4, 0.5) is 28.1 Å². The molecule has 4 aromatic rings. The van der Waals surface area contributed by atoms with Crippen molar-refractivity contribution in [2.24, 2.45) is 0 Å². The predicted molar refractivity (Wildman–Crippen MR) is 317 cm³/mol. The normalized spacial score (nSPS) is 19.6. The van der Waals surface area contributed by atoms with E-state index in [1.165, 1.54) is 11.3 Å². The second-order valence-corrected chi connectivity index (χ2v) is 23.9. The second-order valence-electron chi connectivity index (χ2n) is 23.9. The third-order valence-corrected chi connectivity index (χ3v) is 16.2. The summed E-state index contributed by atoms with van der Waals surface area (Å²) < 4.78 is 16.3. The maximum Gasteiger partial charge on any atom is 0.410 e. The van der Waals surface area contributed by atoms with Crippen molar-refractivity contribution >= 4 is 53.0 Å². The lowest BCUT2D eigenvalue weighted by atomic mass is 9.91. The van der Waals surface area contributed by atoms with Gasteiger partial charge >= 0.3 is 6.09 Å². The second kappa shape index (κ2) is 27.5. The van der Waals surface area contributed by atoms with E-state index in [9.17, 15) is 39.3 Å². The monoisotopic (exact) mass is 1160 g/mol. The average Bonchev–Trinajstić information content (AvgIpc) is 3.15. The number of likely N-dealkylation sites (tertiary alicyclic amines) is 2. The first-order valence-electron chi connectivity index (χ1n) is 29.5. The van der Waals surface area contributed by atoms with Gasteiger partial charge in [-0.2, -0.15) is 0 Å². The molecule has 2 aromatic carbocycles. The number of aromatic nitrogens is 2. The van der Waals surface area contributed by atoms with Gasteiger partial charge < -0.3 is 75.7 Å². The maximum absolute atomic E-state index is 13.6. The van der Waals surface area contributed by atoms with Crippen molar-refractivity contribution in [1.29, 1.82) is 0 Å². The van der Waals surface area contributed by atoms with E-state index in [1.807, 2.05) is 30.3 Å². The maximum atomic E-state index is 13.6. The molecule has 0 aliphatic carbocycles. The van der Waals surface area contributed by atoms with Gasteiger partial charge in [-0.05, 0) is 143 Å². The fourth-order valence-electron chi connectivity index (χ4n) is 11.4. The summed E-state index contributed by atoms with van der Waals surface area (Å²) in [6, 6.07) is 17.3. The van der Waals surface area contributed by atoms with Crippen LogP contribution in [-0.2, 0) is 45.0 Å². The predicted octanol–water partition coefficient (Wildman–Crippen LogP) is 4.38. The first-order chi connectivity index (χ1) is 40.2. The van der Waals surface area contributed by atoms with Gasteiger partial charge in [0.05, 0.1) is 30.3 Å². The fourth-order valence-corrected chi connectivity index (χ4v) is 11.4. The Balaban J connectivity index is 0.000000207. The molecule has 23 nitrogen and oxygen atoms in total. The number of nitrogens with one attached hydrogen (secondary N) is 5. The van der Waals surface area contributed by atoms with Gasteiger partial charge in [-0.15, -0.1) is 0 Å². The summed E-state index contributed by atoms with van der Waals surface area (Å²) in [4.78, 5) is 82.3. The first-order valence-corrected chi connectivity index (χ1v) is 29.5. The molecule has 2 aromatic heterocycles. The number of methoxy groups -OCH3 is 1. The van der Waals surface area contributed by atoms with Crippen molar-refractivity contribution in [3.63, 3.8) is 0 Å². The van der Waals surface area contributed by atoms with Gasteiger partial charge in [0, 0.05) is 117 Å². The van der Waals surface area contributed by atoms with Crippen LogP contribution in [0.1, 0.15) is 116 Å². The number of amides is 5. The highest BCUT2D eigenvalue weighted by Gasteiger charge is 2.38. The van der Waals surface area contributed by atoms with E-state index in [0.29, 0.717) is 74.1 Å². The Bertz CT molecular complexity index is 2970. The van der Waals surface area contributed by atoms with Crippen LogP contribution in [0.25, 0.3) is 0 Å². The molecule has 6 aliphatic rings. The van der Waals surface area contributed by atoms with E-state index in [4.69, 9.17) is 24.2 Å². The van der Waals surface area contributed by atoms with E-state index in [2.05, 4.69) is 36.4 Å². The number of phenolic OH excluding ortho intramolecular Hbond substituents is 1. The number of ether oxygens (including phenoxy) is 3.